The largest absolute Gasteiger partial charge is 0.504 e. The predicted octanol–water partition coefficient (Wildman–Crippen LogP) is 2.66. The van der Waals surface area contributed by atoms with Gasteiger partial charge in [0.05, 0.1) is 13.3 Å². The first-order chi connectivity index (χ1) is 11.5. The van der Waals surface area contributed by atoms with Crippen LogP contribution in [0.2, 0.25) is 0 Å². The molecule has 0 aromatic heterocycles. The van der Waals surface area contributed by atoms with Crippen molar-refractivity contribution < 1.29 is 14.6 Å². The van der Waals surface area contributed by atoms with E-state index in [0.29, 0.717) is 11.3 Å². The third kappa shape index (κ3) is 4.49. The molecule has 0 aliphatic rings. The minimum absolute atomic E-state index is 0.0241. The molecule has 0 saturated heterocycles. The van der Waals surface area contributed by atoms with Gasteiger partial charge in [0.15, 0.2) is 11.5 Å². The molecule has 6 heteroatoms. The summed E-state index contributed by atoms with van der Waals surface area (Å²) in [5, 5.41) is 16.9. The molecule has 0 radical (unpaired) electrons. The Hall–Kier alpha value is -3.02. The number of phenolic OH excluding ortho intramolecular Hbond substituents is 1. The zero-order valence-electron chi connectivity index (χ0n) is 13.9. The number of para-hydroxylation sites is 1. The van der Waals surface area contributed by atoms with Crippen molar-refractivity contribution in [1.82, 2.24) is 5.43 Å². The van der Waals surface area contributed by atoms with Gasteiger partial charge in [0, 0.05) is 11.3 Å². The second-order valence-corrected chi connectivity index (χ2v) is 5.37. The number of nitrogens with one attached hydrogen (secondary N) is 2. The number of benzene rings is 2. The lowest BCUT2D eigenvalue weighted by Gasteiger charge is -2.13. The first kappa shape index (κ1) is 17.3. The average molecular weight is 327 g/mol. The summed E-state index contributed by atoms with van der Waals surface area (Å²) in [6, 6.07) is 12.3. The van der Waals surface area contributed by atoms with Crippen molar-refractivity contribution in [3.63, 3.8) is 0 Å². The molecule has 0 saturated carbocycles. The second-order valence-electron chi connectivity index (χ2n) is 5.37. The van der Waals surface area contributed by atoms with Crippen LogP contribution < -0.4 is 15.5 Å². The van der Waals surface area contributed by atoms with E-state index < -0.39 is 6.04 Å². The highest BCUT2D eigenvalue weighted by Crippen LogP contribution is 2.27. The number of anilines is 1. The van der Waals surface area contributed by atoms with Crippen molar-refractivity contribution in [2.45, 2.75) is 19.9 Å². The summed E-state index contributed by atoms with van der Waals surface area (Å²) in [6.07, 6.45) is 1.37. The van der Waals surface area contributed by atoms with E-state index in [-0.39, 0.29) is 11.7 Å². The van der Waals surface area contributed by atoms with Crippen molar-refractivity contribution in [2.75, 3.05) is 12.4 Å². The number of hydrogen-bond donors (Lipinski definition) is 3. The number of methoxy groups -OCH3 is 1. The standard InChI is InChI=1S/C18H21N3O3/c1-12-6-4-8-15(10-12)20-13(2)18(23)21-19-11-14-7-5-9-16(24-3)17(14)22/h4-11,13,20,22H,1-3H3,(H,21,23)/b19-11-/t13-/m1/s1. The maximum Gasteiger partial charge on any atom is 0.262 e. The second kappa shape index (κ2) is 8.01. The molecule has 0 unspecified atom stereocenters. The fourth-order valence-corrected chi connectivity index (χ4v) is 2.12. The minimum Gasteiger partial charge on any atom is -0.504 e. The highest BCUT2D eigenvalue weighted by atomic mass is 16.5. The molecule has 0 fully saturated rings. The third-order valence-electron chi connectivity index (χ3n) is 3.42. The molecule has 2 rings (SSSR count). The van der Waals surface area contributed by atoms with E-state index in [1.165, 1.54) is 13.3 Å². The van der Waals surface area contributed by atoms with Gasteiger partial charge in [-0.25, -0.2) is 5.43 Å². The Bertz CT molecular complexity index is 744. The Balaban J connectivity index is 1.95. The molecule has 0 bridgehead atoms. The highest BCUT2D eigenvalue weighted by Gasteiger charge is 2.12. The van der Waals surface area contributed by atoms with E-state index in [2.05, 4.69) is 15.8 Å². The molecule has 0 spiro atoms. The first-order valence-electron chi connectivity index (χ1n) is 7.53. The van der Waals surface area contributed by atoms with Gasteiger partial charge in [-0.05, 0) is 43.7 Å². The lowest BCUT2D eigenvalue weighted by molar-refractivity contribution is -0.121. The number of hydrazone groups is 1. The SMILES string of the molecule is COc1cccc(/C=N\NC(=O)[C@@H](C)Nc2cccc(C)c2)c1O. The van der Waals surface area contributed by atoms with Gasteiger partial charge in [-0.3, -0.25) is 4.79 Å². The number of carbonyl (C=O) groups is 1. The van der Waals surface area contributed by atoms with Crippen LogP contribution in [-0.2, 0) is 4.79 Å². The van der Waals surface area contributed by atoms with Crippen LogP contribution in [0.3, 0.4) is 0 Å². The Morgan fingerprint density at radius 1 is 1.29 bits per heavy atom. The van der Waals surface area contributed by atoms with Gasteiger partial charge >= 0.3 is 0 Å². The fraction of sp³-hybridized carbons (Fsp3) is 0.222. The van der Waals surface area contributed by atoms with Crippen LogP contribution in [0.15, 0.2) is 47.6 Å². The van der Waals surface area contributed by atoms with Crippen LogP contribution in [0, 0.1) is 6.92 Å². The van der Waals surface area contributed by atoms with Gasteiger partial charge < -0.3 is 15.2 Å². The molecule has 2 aromatic carbocycles. The normalized spacial score (nSPS) is 12.0. The van der Waals surface area contributed by atoms with Gasteiger partial charge in [0.2, 0.25) is 0 Å². The van der Waals surface area contributed by atoms with Gasteiger partial charge in [0.25, 0.3) is 5.91 Å². The maximum atomic E-state index is 12.1. The summed E-state index contributed by atoms with van der Waals surface area (Å²) in [7, 11) is 1.47. The highest BCUT2D eigenvalue weighted by molar-refractivity contribution is 5.88. The summed E-state index contributed by atoms with van der Waals surface area (Å²) in [5.74, 6) is 0.0406. The summed E-state index contributed by atoms with van der Waals surface area (Å²) >= 11 is 0. The van der Waals surface area contributed by atoms with Crippen LogP contribution in [0.25, 0.3) is 0 Å². The molecule has 0 heterocycles. The van der Waals surface area contributed by atoms with E-state index in [0.717, 1.165) is 11.3 Å². The number of rotatable bonds is 6. The van der Waals surface area contributed by atoms with Crippen molar-refractivity contribution in [2.24, 2.45) is 5.10 Å². The number of hydrogen-bond acceptors (Lipinski definition) is 5. The molecule has 126 valence electrons. The van der Waals surface area contributed by atoms with Crippen LogP contribution in [0.4, 0.5) is 5.69 Å². The molecule has 1 atom stereocenters. The molecule has 6 nitrogen and oxygen atoms in total. The Kier molecular flexibility index (Phi) is 5.78. The number of ether oxygens (including phenoxy) is 1. The number of aryl methyl sites for hydroxylation is 1. The lowest BCUT2D eigenvalue weighted by atomic mass is 10.2. The molecular weight excluding hydrogens is 306 g/mol. The van der Waals surface area contributed by atoms with E-state index in [4.69, 9.17) is 4.74 Å². The molecule has 0 aliphatic heterocycles. The van der Waals surface area contributed by atoms with Crippen molar-refractivity contribution >= 4 is 17.8 Å². The third-order valence-corrected chi connectivity index (χ3v) is 3.42. The number of aromatic hydroxyl groups is 1. The van der Waals surface area contributed by atoms with Crippen LogP contribution in [-0.4, -0.2) is 30.4 Å². The Labute approximate surface area is 141 Å². The monoisotopic (exact) mass is 327 g/mol. The van der Waals surface area contributed by atoms with Crippen LogP contribution >= 0.6 is 0 Å². The van der Waals surface area contributed by atoms with E-state index >= 15 is 0 Å². The van der Waals surface area contributed by atoms with Crippen molar-refractivity contribution in [3.8, 4) is 11.5 Å². The van der Waals surface area contributed by atoms with Gasteiger partial charge in [-0.15, -0.1) is 0 Å². The molecule has 24 heavy (non-hydrogen) atoms. The average Bonchev–Trinajstić information content (AvgIpc) is 2.56. The fourth-order valence-electron chi connectivity index (χ4n) is 2.12. The van der Waals surface area contributed by atoms with E-state index in [1.807, 2.05) is 31.2 Å². The Morgan fingerprint density at radius 2 is 2.04 bits per heavy atom. The number of phenols is 1. The lowest BCUT2D eigenvalue weighted by Crippen LogP contribution is -2.34. The predicted molar refractivity (Wildman–Crippen MR) is 94.7 cm³/mol. The van der Waals surface area contributed by atoms with Gasteiger partial charge in [-0.2, -0.15) is 5.10 Å². The van der Waals surface area contributed by atoms with Crippen molar-refractivity contribution in [3.05, 3.63) is 53.6 Å². The zero-order chi connectivity index (χ0) is 17.5. The minimum atomic E-state index is -0.456. The quantitative estimate of drug-likeness (QED) is 0.563. The van der Waals surface area contributed by atoms with Crippen LogP contribution in [0.5, 0.6) is 11.5 Å². The topological polar surface area (TPSA) is 83.0 Å². The maximum absolute atomic E-state index is 12.1. The van der Waals surface area contributed by atoms with Gasteiger partial charge in [0.1, 0.15) is 6.04 Å². The van der Waals surface area contributed by atoms with Crippen molar-refractivity contribution in [1.29, 1.82) is 0 Å². The van der Waals surface area contributed by atoms with E-state index in [9.17, 15) is 9.90 Å². The molecular formula is C18H21N3O3. The van der Waals surface area contributed by atoms with Gasteiger partial charge in [-0.1, -0.05) is 18.2 Å². The number of amides is 1. The summed E-state index contributed by atoms with van der Waals surface area (Å²) in [4.78, 5) is 12.1. The first-order valence-corrected chi connectivity index (χ1v) is 7.53. The number of carbonyl (C=O) groups excluding carboxylic acids is 1. The zero-order valence-corrected chi connectivity index (χ0v) is 13.9. The molecule has 3 N–H and O–H groups in total. The summed E-state index contributed by atoms with van der Waals surface area (Å²) in [5.41, 5.74) is 4.88. The van der Waals surface area contributed by atoms with E-state index in [1.54, 1.807) is 25.1 Å². The van der Waals surface area contributed by atoms with Crippen LogP contribution in [0.1, 0.15) is 18.1 Å². The Morgan fingerprint density at radius 3 is 2.75 bits per heavy atom. The molecule has 0 aliphatic carbocycles. The number of nitrogens with zero attached hydrogens (tertiary/aromatic N) is 1. The summed E-state index contributed by atoms with van der Waals surface area (Å²) < 4.78 is 5.02. The molecule has 2 aromatic rings. The smallest absolute Gasteiger partial charge is 0.262 e. The molecule has 1 amide bonds. The summed E-state index contributed by atoms with van der Waals surface area (Å²) in [6.45, 7) is 3.73.